The molecule has 102 valence electrons. The minimum atomic E-state index is -0.299. The lowest BCUT2D eigenvalue weighted by atomic mass is 9.86. The zero-order valence-corrected chi connectivity index (χ0v) is 11.4. The van der Waals surface area contributed by atoms with Crippen LogP contribution in [0.5, 0.6) is 0 Å². The SMILES string of the molecule is CC(C)C(O)CNCCCC(C)(C)C(N)=NO. The summed E-state index contributed by atoms with van der Waals surface area (Å²) in [5.74, 6) is 0.538. The summed E-state index contributed by atoms with van der Waals surface area (Å²) in [6.07, 6.45) is 1.47. The second-order valence-corrected chi connectivity index (χ2v) is 5.49. The Kier molecular flexibility index (Phi) is 7.15. The zero-order valence-electron chi connectivity index (χ0n) is 11.4. The van der Waals surface area contributed by atoms with E-state index >= 15 is 0 Å². The van der Waals surface area contributed by atoms with E-state index in [-0.39, 0.29) is 23.3 Å². The van der Waals surface area contributed by atoms with Crippen molar-refractivity contribution in [3.05, 3.63) is 0 Å². The highest BCUT2D eigenvalue weighted by atomic mass is 16.4. The highest BCUT2D eigenvalue weighted by molar-refractivity contribution is 5.85. The molecule has 0 fully saturated rings. The van der Waals surface area contributed by atoms with Gasteiger partial charge in [-0.05, 0) is 25.3 Å². The van der Waals surface area contributed by atoms with Gasteiger partial charge in [0.05, 0.1) is 6.10 Å². The number of nitrogens with one attached hydrogen (secondary N) is 1. The topological polar surface area (TPSA) is 90.9 Å². The first-order valence-electron chi connectivity index (χ1n) is 6.18. The number of hydrogen-bond donors (Lipinski definition) is 4. The molecule has 0 rings (SSSR count). The average molecular weight is 245 g/mol. The normalized spacial score (nSPS) is 15.3. The van der Waals surface area contributed by atoms with Crippen LogP contribution in [0.15, 0.2) is 5.16 Å². The van der Waals surface area contributed by atoms with E-state index in [0.717, 1.165) is 19.4 Å². The second-order valence-electron chi connectivity index (χ2n) is 5.49. The van der Waals surface area contributed by atoms with Crippen LogP contribution in [0.1, 0.15) is 40.5 Å². The molecule has 0 spiro atoms. The fourth-order valence-corrected chi connectivity index (χ4v) is 1.40. The van der Waals surface area contributed by atoms with Crippen LogP contribution in [0.2, 0.25) is 0 Å². The van der Waals surface area contributed by atoms with Gasteiger partial charge in [0.25, 0.3) is 0 Å². The lowest BCUT2D eigenvalue weighted by Crippen LogP contribution is -2.34. The largest absolute Gasteiger partial charge is 0.409 e. The van der Waals surface area contributed by atoms with Crippen LogP contribution >= 0.6 is 0 Å². The monoisotopic (exact) mass is 245 g/mol. The van der Waals surface area contributed by atoms with Crippen LogP contribution in [-0.4, -0.2) is 35.3 Å². The van der Waals surface area contributed by atoms with Gasteiger partial charge >= 0.3 is 0 Å². The maximum atomic E-state index is 9.58. The van der Waals surface area contributed by atoms with Gasteiger partial charge < -0.3 is 21.4 Å². The first-order chi connectivity index (χ1) is 7.81. The van der Waals surface area contributed by atoms with Crippen LogP contribution in [-0.2, 0) is 0 Å². The molecule has 0 saturated heterocycles. The number of amidine groups is 1. The first-order valence-corrected chi connectivity index (χ1v) is 6.18. The minimum absolute atomic E-state index is 0.264. The van der Waals surface area contributed by atoms with Crippen molar-refractivity contribution in [2.45, 2.75) is 46.6 Å². The number of aliphatic hydroxyl groups excluding tert-OH is 1. The first kappa shape index (κ1) is 16.2. The summed E-state index contributed by atoms with van der Waals surface area (Å²) in [4.78, 5) is 0. The summed E-state index contributed by atoms with van der Waals surface area (Å²) in [7, 11) is 0. The molecule has 0 heterocycles. The van der Waals surface area contributed by atoms with Gasteiger partial charge in [-0.3, -0.25) is 0 Å². The molecular weight excluding hydrogens is 218 g/mol. The van der Waals surface area contributed by atoms with Gasteiger partial charge in [0.2, 0.25) is 0 Å². The van der Waals surface area contributed by atoms with Gasteiger partial charge in [-0.1, -0.05) is 32.9 Å². The van der Waals surface area contributed by atoms with E-state index in [1.165, 1.54) is 0 Å². The maximum absolute atomic E-state index is 9.58. The number of hydrogen-bond acceptors (Lipinski definition) is 4. The third-order valence-corrected chi connectivity index (χ3v) is 3.08. The van der Waals surface area contributed by atoms with Crippen LogP contribution in [0, 0.1) is 11.3 Å². The van der Waals surface area contributed by atoms with E-state index in [0.29, 0.717) is 6.54 Å². The summed E-state index contributed by atoms with van der Waals surface area (Å²) < 4.78 is 0. The Labute approximate surface area is 104 Å². The molecule has 0 saturated carbocycles. The Morgan fingerprint density at radius 2 is 2.00 bits per heavy atom. The van der Waals surface area contributed by atoms with Crippen LogP contribution < -0.4 is 11.1 Å². The lowest BCUT2D eigenvalue weighted by molar-refractivity contribution is 0.123. The van der Waals surface area contributed by atoms with Crippen molar-refractivity contribution in [3.8, 4) is 0 Å². The van der Waals surface area contributed by atoms with E-state index < -0.39 is 0 Å². The zero-order chi connectivity index (χ0) is 13.5. The van der Waals surface area contributed by atoms with E-state index in [1.807, 2.05) is 27.7 Å². The third kappa shape index (κ3) is 6.48. The predicted octanol–water partition coefficient (Wildman–Crippen LogP) is 1.15. The Hall–Kier alpha value is -0.810. The van der Waals surface area contributed by atoms with Crippen molar-refractivity contribution < 1.29 is 10.3 Å². The average Bonchev–Trinajstić information content (AvgIpc) is 2.26. The van der Waals surface area contributed by atoms with E-state index in [2.05, 4.69) is 10.5 Å². The van der Waals surface area contributed by atoms with Crippen molar-refractivity contribution in [2.24, 2.45) is 22.2 Å². The van der Waals surface area contributed by atoms with Crippen molar-refractivity contribution in [1.82, 2.24) is 5.32 Å². The molecule has 17 heavy (non-hydrogen) atoms. The maximum Gasteiger partial charge on any atom is 0.144 e. The molecule has 0 bridgehead atoms. The number of aliphatic hydroxyl groups is 1. The molecule has 0 aliphatic rings. The van der Waals surface area contributed by atoms with Gasteiger partial charge in [0.1, 0.15) is 5.84 Å². The number of nitrogens with zero attached hydrogens (tertiary/aromatic N) is 1. The third-order valence-electron chi connectivity index (χ3n) is 3.08. The van der Waals surface area contributed by atoms with Crippen molar-refractivity contribution >= 4 is 5.84 Å². The Morgan fingerprint density at radius 3 is 2.47 bits per heavy atom. The summed E-state index contributed by atoms with van der Waals surface area (Å²) in [5.41, 5.74) is 5.31. The highest BCUT2D eigenvalue weighted by Crippen LogP contribution is 2.21. The number of rotatable bonds is 8. The predicted molar refractivity (Wildman–Crippen MR) is 70.1 cm³/mol. The van der Waals surface area contributed by atoms with Crippen molar-refractivity contribution in [1.29, 1.82) is 0 Å². The van der Waals surface area contributed by atoms with Crippen molar-refractivity contribution in [2.75, 3.05) is 13.1 Å². The van der Waals surface area contributed by atoms with Crippen molar-refractivity contribution in [3.63, 3.8) is 0 Å². The number of oxime groups is 1. The molecule has 0 aromatic heterocycles. The molecule has 1 unspecified atom stereocenters. The summed E-state index contributed by atoms with van der Waals surface area (Å²) >= 11 is 0. The highest BCUT2D eigenvalue weighted by Gasteiger charge is 2.22. The lowest BCUT2D eigenvalue weighted by Gasteiger charge is -2.23. The van der Waals surface area contributed by atoms with Gasteiger partial charge in [-0.2, -0.15) is 0 Å². The molecule has 0 aromatic carbocycles. The Bertz CT molecular complexity index is 240. The minimum Gasteiger partial charge on any atom is -0.409 e. The molecular formula is C12H27N3O2. The molecule has 5 N–H and O–H groups in total. The molecule has 1 atom stereocenters. The Balaban J connectivity index is 3.72. The van der Waals surface area contributed by atoms with E-state index in [1.54, 1.807) is 0 Å². The van der Waals surface area contributed by atoms with Crippen LogP contribution in [0.25, 0.3) is 0 Å². The van der Waals surface area contributed by atoms with E-state index in [9.17, 15) is 5.11 Å². The van der Waals surface area contributed by atoms with Gasteiger partial charge in [0, 0.05) is 12.0 Å². The molecule has 0 aliphatic heterocycles. The standard InChI is InChI=1S/C12H27N3O2/c1-9(2)10(16)8-14-7-5-6-12(3,4)11(13)15-17/h9-10,14,16-17H,5-8H2,1-4H3,(H2,13,15). The molecule has 5 heteroatoms. The Morgan fingerprint density at radius 1 is 1.41 bits per heavy atom. The molecule has 0 radical (unpaired) electrons. The summed E-state index contributed by atoms with van der Waals surface area (Å²) in [6.45, 7) is 9.32. The smallest absolute Gasteiger partial charge is 0.144 e. The van der Waals surface area contributed by atoms with Crippen LogP contribution in [0.4, 0.5) is 0 Å². The fourth-order valence-electron chi connectivity index (χ4n) is 1.40. The molecule has 5 nitrogen and oxygen atoms in total. The van der Waals surface area contributed by atoms with Crippen LogP contribution in [0.3, 0.4) is 0 Å². The van der Waals surface area contributed by atoms with E-state index in [4.69, 9.17) is 10.9 Å². The summed E-state index contributed by atoms with van der Waals surface area (Å²) in [6, 6.07) is 0. The van der Waals surface area contributed by atoms with Gasteiger partial charge in [0.15, 0.2) is 0 Å². The molecule has 0 aliphatic carbocycles. The quantitative estimate of drug-likeness (QED) is 0.170. The number of nitrogens with two attached hydrogens (primary N) is 1. The second kappa shape index (κ2) is 7.50. The summed E-state index contributed by atoms with van der Waals surface area (Å²) in [5, 5.41) is 24.4. The van der Waals surface area contributed by atoms with Gasteiger partial charge in [-0.15, -0.1) is 0 Å². The molecule has 0 aromatic rings. The fraction of sp³-hybridized carbons (Fsp3) is 0.917. The molecule has 0 amide bonds. The van der Waals surface area contributed by atoms with Gasteiger partial charge in [-0.25, -0.2) is 0 Å².